The SMILES string of the molecule is CC1(C)Cc2cccc(OCC(=O)C3CCOC3)c2O1. The van der Waals surface area contributed by atoms with Gasteiger partial charge in [-0.3, -0.25) is 4.79 Å². The van der Waals surface area contributed by atoms with E-state index in [-0.39, 0.29) is 23.9 Å². The molecule has 0 aromatic heterocycles. The number of hydrogen-bond acceptors (Lipinski definition) is 4. The van der Waals surface area contributed by atoms with Gasteiger partial charge < -0.3 is 14.2 Å². The normalized spacial score (nSPS) is 23.2. The van der Waals surface area contributed by atoms with Crippen molar-refractivity contribution < 1.29 is 19.0 Å². The Morgan fingerprint density at radius 1 is 1.45 bits per heavy atom. The molecule has 0 bridgehead atoms. The topological polar surface area (TPSA) is 44.8 Å². The molecule has 4 heteroatoms. The van der Waals surface area contributed by atoms with Gasteiger partial charge in [0.2, 0.25) is 0 Å². The Balaban J connectivity index is 1.67. The van der Waals surface area contributed by atoms with E-state index in [0.717, 1.165) is 24.2 Å². The van der Waals surface area contributed by atoms with E-state index in [9.17, 15) is 4.79 Å². The third-order valence-electron chi connectivity index (χ3n) is 3.81. The van der Waals surface area contributed by atoms with Crippen LogP contribution in [0, 0.1) is 5.92 Å². The van der Waals surface area contributed by atoms with Gasteiger partial charge in [-0.25, -0.2) is 0 Å². The Morgan fingerprint density at radius 3 is 3.05 bits per heavy atom. The molecule has 2 aliphatic heterocycles. The molecule has 0 radical (unpaired) electrons. The highest BCUT2D eigenvalue weighted by Gasteiger charge is 2.32. The third-order valence-corrected chi connectivity index (χ3v) is 3.81. The summed E-state index contributed by atoms with van der Waals surface area (Å²) in [4.78, 5) is 12.0. The van der Waals surface area contributed by atoms with Gasteiger partial charge in [-0.2, -0.15) is 0 Å². The van der Waals surface area contributed by atoms with Crippen LogP contribution in [0.3, 0.4) is 0 Å². The zero-order chi connectivity index (χ0) is 14.2. The quantitative estimate of drug-likeness (QED) is 0.847. The predicted octanol–water partition coefficient (Wildman–Crippen LogP) is 2.38. The second-order valence-corrected chi connectivity index (χ2v) is 6.10. The van der Waals surface area contributed by atoms with Gasteiger partial charge >= 0.3 is 0 Å². The molecule has 1 aromatic carbocycles. The fourth-order valence-electron chi connectivity index (χ4n) is 2.76. The van der Waals surface area contributed by atoms with Crippen LogP contribution in [-0.4, -0.2) is 31.2 Å². The summed E-state index contributed by atoms with van der Waals surface area (Å²) in [6.07, 6.45) is 1.67. The van der Waals surface area contributed by atoms with Crippen LogP contribution in [0.5, 0.6) is 11.5 Å². The van der Waals surface area contributed by atoms with E-state index in [1.54, 1.807) is 0 Å². The van der Waals surface area contributed by atoms with Crippen LogP contribution in [0.2, 0.25) is 0 Å². The molecule has 2 aliphatic rings. The smallest absolute Gasteiger partial charge is 0.175 e. The maximum absolute atomic E-state index is 12.0. The summed E-state index contributed by atoms with van der Waals surface area (Å²) in [6, 6.07) is 5.85. The van der Waals surface area contributed by atoms with E-state index in [1.807, 2.05) is 18.2 Å². The van der Waals surface area contributed by atoms with Crippen LogP contribution >= 0.6 is 0 Å². The largest absolute Gasteiger partial charge is 0.483 e. The van der Waals surface area contributed by atoms with E-state index in [0.29, 0.717) is 19.0 Å². The minimum atomic E-state index is -0.203. The average Bonchev–Trinajstić information content (AvgIpc) is 3.01. The Hall–Kier alpha value is -1.55. The van der Waals surface area contributed by atoms with E-state index in [4.69, 9.17) is 14.2 Å². The standard InChI is InChI=1S/C16H20O4/c1-16(2)8-11-4-3-5-14(15(11)20-16)19-10-13(17)12-6-7-18-9-12/h3-5,12H,6-10H2,1-2H3. The number of para-hydroxylation sites is 1. The second-order valence-electron chi connectivity index (χ2n) is 6.10. The first-order valence-electron chi connectivity index (χ1n) is 7.09. The molecule has 0 amide bonds. The van der Waals surface area contributed by atoms with E-state index in [1.165, 1.54) is 0 Å². The molecule has 1 saturated heterocycles. The Morgan fingerprint density at radius 2 is 2.30 bits per heavy atom. The maximum atomic E-state index is 12.0. The number of benzene rings is 1. The van der Waals surface area contributed by atoms with Crippen molar-refractivity contribution in [2.75, 3.05) is 19.8 Å². The first-order chi connectivity index (χ1) is 9.55. The Kier molecular flexibility index (Phi) is 3.42. The number of Topliss-reactive ketones (excluding diaryl/α,β-unsaturated/α-hetero) is 1. The number of ketones is 1. The Labute approximate surface area is 119 Å². The lowest BCUT2D eigenvalue weighted by Crippen LogP contribution is -2.25. The number of carbonyl (C=O) groups is 1. The van der Waals surface area contributed by atoms with Gasteiger partial charge in [0.25, 0.3) is 0 Å². The molecule has 108 valence electrons. The Bertz CT molecular complexity index is 515. The van der Waals surface area contributed by atoms with Crippen molar-refractivity contribution in [3.8, 4) is 11.5 Å². The van der Waals surface area contributed by atoms with Gasteiger partial charge in [0.05, 0.1) is 6.61 Å². The summed E-state index contributed by atoms with van der Waals surface area (Å²) >= 11 is 0. The first kappa shape index (κ1) is 13.4. The molecular formula is C16H20O4. The van der Waals surface area contributed by atoms with Crippen molar-refractivity contribution in [2.45, 2.75) is 32.3 Å². The molecule has 0 aliphatic carbocycles. The predicted molar refractivity (Wildman–Crippen MR) is 74.3 cm³/mol. The minimum Gasteiger partial charge on any atom is -0.483 e. The van der Waals surface area contributed by atoms with Gasteiger partial charge in [0.15, 0.2) is 17.3 Å². The number of hydrogen-bond donors (Lipinski definition) is 0. The highest BCUT2D eigenvalue weighted by Crippen LogP contribution is 2.41. The molecule has 20 heavy (non-hydrogen) atoms. The molecule has 0 saturated carbocycles. The zero-order valence-electron chi connectivity index (χ0n) is 12.0. The summed E-state index contributed by atoms with van der Waals surface area (Å²) in [6.45, 7) is 5.40. The van der Waals surface area contributed by atoms with E-state index < -0.39 is 0 Å². The molecule has 0 spiro atoms. The fourth-order valence-corrected chi connectivity index (χ4v) is 2.76. The highest BCUT2D eigenvalue weighted by atomic mass is 16.5. The lowest BCUT2D eigenvalue weighted by Gasteiger charge is -2.18. The lowest BCUT2D eigenvalue weighted by molar-refractivity contribution is -0.124. The molecular weight excluding hydrogens is 256 g/mol. The first-order valence-corrected chi connectivity index (χ1v) is 7.09. The van der Waals surface area contributed by atoms with Crippen LogP contribution in [0.4, 0.5) is 0 Å². The second kappa shape index (κ2) is 5.09. The van der Waals surface area contributed by atoms with Crippen LogP contribution in [0.15, 0.2) is 18.2 Å². The molecule has 4 nitrogen and oxygen atoms in total. The molecule has 0 N–H and O–H groups in total. The molecule has 2 heterocycles. The van der Waals surface area contributed by atoms with Gasteiger partial charge in [0.1, 0.15) is 12.2 Å². The van der Waals surface area contributed by atoms with Crippen molar-refractivity contribution in [1.29, 1.82) is 0 Å². The highest BCUT2D eigenvalue weighted by molar-refractivity contribution is 5.82. The summed E-state index contributed by atoms with van der Waals surface area (Å²) in [5.74, 6) is 1.55. The fraction of sp³-hybridized carbons (Fsp3) is 0.562. The van der Waals surface area contributed by atoms with Crippen molar-refractivity contribution in [1.82, 2.24) is 0 Å². The zero-order valence-corrected chi connectivity index (χ0v) is 12.0. The number of fused-ring (bicyclic) bond motifs is 1. The van der Waals surface area contributed by atoms with Crippen molar-refractivity contribution in [2.24, 2.45) is 5.92 Å². The van der Waals surface area contributed by atoms with Crippen molar-refractivity contribution >= 4 is 5.78 Å². The molecule has 1 atom stereocenters. The third kappa shape index (κ3) is 2.66. The molecule has 1 aromatic rings. The molecule has 3 rings (SSSR count). The van der Waals surface area contributed by atoms with Gasteiger partial charge in [-0.15, -0.1) is 0 Å². The van der Waals surface area contributed by atoms with Crippen LogP contribution in [0.1, 0.15) is 25.8 Å². The van der Waals surface area contributed by atoms with Gasteiger partial charge in [-0.05, 0) is 26.3 Å². The van der Waals surface area contributed by atoms with E-state index >= 15 is 0 Å². The van der Waals surface area contributed by atoms with Crippen LogP contribution in [-0.2, 0) is 16.0 Å². The molecule has 1 fully saturated rings. The number of rotatable bonds is 4. The summed E-state index contributed by atoms with van der Waals surface area (Å²) < 4.78 is 16.8. The van der Waals surface area contributed by atoms with Crippen LogP contribution < -0.4 is 9.47 Å². The van der Waals surface area contributed by atoms with Crippen molar-refractivity contribution in [3.05, 3.63) is 23.8 Å². The summed E-state index contributed by atoms with van der Waals surface area (Å²) in [7, 11) is 0. The monoisotopic (exact) mass is 276 g/mol. The van der Waals surface area contributed by atoms with Crippen LogP contribution in [0.25, 0.3) is 0 Å². The van der Waals surface area contributed by atoms with E-state index in [2.05, 4.69) is 13.8 Å². The minimum absolute atomic E-state index is 0.0101. The summed E-state index contributed by atoms with van der Waals surface area (Å²) in [5, 5.41) is 0. The summed E-state index contributed by atoms with van der Waals surface area (Å²) in [5.41, 5.74) is 0.939. The van der Waals surface area contributed by atoms with Crippen molar-refractivity contribution in [3.63, 3.8) is 0 Å². The maximum Gasteiger partial charge on any atom is 0.175 e. The number of ether oxygens (including phenoxy) is 3. The lowest BCUT2D eigenvalue weighted by atomic mass is 10.0. The molecule has 1 unspecified atom stereocenters. The average molecular weight is 276 g/mol. The van der Waals surface area contributed by atoms with Gasteiger partial charge in [-0.1, -0.05) is 12.1 Å². The number of carbonyl (C=O) groups excluding carboxylic acids is 1. The van der Waals surface area contributed by atoms with Gasteiger partial charge in [0, 0.05) is 24.5 Å².